The summed E-state index contributed by atoms with van der Waals surface area (Å²) in [6.45, 7) is 0. The Morgan fingerprint density at radius 1 is 0.944 bits per heavy atom. The fourth-order valence-electron chi connectivity index (χ4n) is 2.15. The number of aromatic nitrogens is 2. The zero-order valence-electron chi connectivity index (χ0n) is 9.42. The van der Waals surface area contributed by atoms with Crippen LogP contribution in [0.25, 0.3) is 31.5 Å². The quantitative estimate of drug-likeness (QED) is 0.446. The van der Waals surface area contributed by atoms with Gasteiger partial charge in [0.25, 0.3) is 0 Å². The number of hydrogen-bond acceptors (Lipinski definition) is 3. The molecule has 0 unspecified atom stereocenters. The molecule has 0 aliphatic rings. The number of para-hydroxylation sites is 2. The van der Waals surface area contributed by atoms with E-state index in [1.807, 2.05) is 42.5 Å². The number of fused-ring (bicyclic) bond motifs is 4. The standard InChI is InChI=1S/C14H7BN2S/c15-8-5-6-9-12(7-8)18-14-13(9)16-10-3-1-2-4-11(10)17-14/h1-7H. The van der Waals surface area contributed by atoms with Crippen molar-refractivity contribution < 1.29 is 0 Å². The molecule has 2 heterocycles. The van der Waals surface area contributed by atoms with Crippen LogP contribution in [-0.4, -0.2) is 17.8 Å². The first-order valence-corrected chi connectivity index (χ1v) is 6.47. The van der Waals surface area contributed by atoms with Crippen LogP contribution >= 0.6 is 11.3 Å². The van der Waals surface area contributed by atoms with Crippen molar-refractivity contribution in [2.75, 3.05) is 0 Å². The van der Waals surface area contributed by atoms with Gasteiger partial charge in [0.15, 0.2) is 0 Å². The van der Waals surface area contributed by atoms with Gasteiger partial charge >= 0.3 is 0 Å². The van der Waals surface area contributed by atoms with Crippen molar-refractivity contribution in [2.24, 2.45) is 0 Å². The molecule has 2 aromatic carbocycles. The van der Waals surface area contributed by atoms with Gasteiger partial charge in [-0.3, -0.25) is 0 Å². The highest BCUT2D eigenvalue weighted by Crippen LogP contribution is 2.31. The lowest BCUT2D eigenvalue weighted by atomic mass is 9.96. The Balaban J connectivity index is 2.23. The highest BCUT2D eigenvalue weighted by molar-refractivity contribution is 7.25. The minimum absolute atomic E-state index is 0.776. The van der Waals surface area contributed by atoms with Crippen molar-refractivity contribution in [1.29, 1.82) is 0 Å². The third kappa shape index (κ3) is 1.36. The molecule has 2 radical (unpaired) electrons. The Bertz CT molecular complexity index is 898. The van der Waals surface area contributed by atoms with Crippen molar-refractivity contribution in [2.45, 2.75) is 0 Å². The molecule has 0 saturated heterocycles. The van der Waals surface area contributed by atoms with Gasteiger partial charge in [-0.25, -0.2) is 9.97 Å². The van der Waals surface area contributed by atoms with Crippen LogP contribution in [0, 0.1) is 0 Å². The van der Waals surface area contributed by atoms with Gasteiger partial charge in [-0.2, -0.15) is 0 Å². The van der Waals surface area contributed by atoms with Gasteiger partial charge in [0.2, 0.25) is 0 Å². The second kappa shape index (κ2) is 3.53. The summed E-state index contributed by atoms with van der Waals surface area (Å²) in [5.41, 5.74) is 3.61. The lowest BCUT2D eigenvalue weighted by molar-refractivity contribution is 1.43. The van der Waals surface area contributed by atoms with E-state index in [9.17, 15) is 0 Å². The van der Waals surface area contributed by atoms with Gasteiger partial charge in [0.1, 0.15) is 18.2 Å². The van der Waals surface area contributed by atoms with E-state index in [2.05, 4.69) is 4.98 Å². The predicted octanol–water partition coefficient (Wildman–Crippen LogP) is 2.79. The minimum atomic E-state index is 0.776. The van der Waals surface area contributed by atoms with Gasteiger partial charge in [-0.15, -0.1) is 11.3 Å². The fraction of sp³-hybridized carbons (Fsp3) is 0. The minimum Gasteiger partial charge on any atom is -0.243 e. The van der Waals surface area contributed by atoms with E-state index in [4.69, 9.17) is 12.8 Å². The number of thiophene rings is 1. The van der Waals surface area contributed by atoms with Crippen molar-refractivity contribution in [1.82, 2.24) is 9.97 Å². The molecule has 0 spiro atoms. The number of hydrogen-bond donors (Lipinski definition) is 0. The summed E-state index contributed by atoms with van der Waals surface area (Å²) in [7, 11) is 5.81. The first-order valence-electron chi connectivity index (χ1n) is 5.66. The Morgan fingerprint density at radius 3 is 2.56 bits per heavy atom. The van der Waals surface area contributed by atoms with E-state index in [1.165, 1.54) is 0 Å². The maximum Gasteiger partial charge on any atom is 0.143 e. The van der Waals surface area contributed by atoms with E-state index < -0.39 is 0 Å². The summed E-state index contributed by atoms with van der Waals surface area (Å²) >= 11 is 1.64. The summed E-state index contributed by atoms with van der Waals surface area (Å²) in [4.78, 5) is 10.3. The third-order valence-corrected chi connectivity index (χ3v) is 4.04. The van der Waals surface area contributed by atoms with Crippen LogP contribution in [0.2, 0.25) is 0 Å². The Labute approximate surface area is 109 Å². The number of benzene rings is 2. The normalized spacial score (nSPS) is 11.6. The molecular formula is C14H7BN2S. The van der Waals surface area contributed by atoms with Crippen molar-refractivity contribution in [3.63, 3.8) is 0 Å². The molecule has 0 N–H and O–H groups in total. The smallest absolute Gasteiger partial charge is 0.143 e. The van der Waals surface area contributed by atoms with Crippen LogP contribution in [0.15, 0.2) is 42.5 Å². The molecule has 0 atom stereocenters. The fourth-order valence-corrected chi connectivity index (χ4v) is 3.23. The molecule has 0 aliphatic carbocycles. The van der Waals surface area contributed by atoms with Crippen molar-refractivity contribution >= 4 is 56.1 Å². The van der Waals surface area contributed by atoms with Gasteiger partial charge < -0.3 is 0 Å². The van der Waals surface area contributed by atoms with Crippen LogP contribution in [0.5, 0.6) is 0 Å². The number of rotatable bonds is 0. The van der Waals surface area contributed by atoms with Gasteiger partial charge in [0, 0.05) is 10.1 Å². The first-order chi connectivity index (χ1) is 8.81. The van der Waals surface area contributed by atoms with E-state index in [1.54, 1.807) is 11.3 Å². The van der Waals surface area contributed by atoms with Crippen LogP contribution in [0.4, 0.5) is 0 Å². The maximum atomic E-state index is 5.81. The molecule has 0 bridgehead atoms. The molecule has 0 aliphatic heterocycles. The second-order valence-corrected chi connectivity index (χ2v) is 5.25. The summed E-state index contributed by atoms with van der Waals surface area (Å²) in [5, 5.41) is 1.13. The average Bonchev–Trinajstić information content (AvgIpc) is 2.72. The van der Waals surface area contributed by atoms with Crippen LogP contribution < -0.4 is 5.46 Å². The largest absolute Gasteiger partial charge is 0.243 e. The molecular weight excluding hydrogens is 239 g/mol. The van der Waals surface area contributed by atoms with E-state index in [0.717, 1.165) is 36.9 Å². The molecule has 4 rings (SSSR count). The highest BCUT2D eigenvalue weighted by Gasteiger charge is 2.08. The molecule has 4 aromatic rings. The maximum absolute atomic E-state index is 5.81. The molecule has 2 aromatic heterocycles. The topological polar surface area (TPSA) is 25.8 Å². The second-order valence-electron chi connectivity index (χ2n) is 4.22. The zero-order valence-corrected chi connectivity index (χ0v) is 10.2. The Kier molecular flexibility index (Phi) is 1.97. The summed E-state index contributed by atoms with van der Waals surface area (Å²) in [5.74, 6) is 0. The van der Waals surface area contributed by atoms with Gasteiger partial charge in [-0.1, -0.05) is 35.8 Å². The van der Waals surface area contributed by atoms with E-state index in [-0.39, 0.29) is 0 Å². The first kappa shape index (κ1) is 10.0. The molecule has 2 nitrogen and oxygen atoms in total. The van der Waals surface area contributed by atoms with Crippen LogP contribution in [0.3, 0.4) is 0 Å². The van der Waals surface area contributed by atoms with Gasteiger partial charge in [0.05, 0.1) is 11.0 Å². The zero-order chi connectivity index (χ0) is 12.1. The van der Waals surface area contributed by atoms with Crippen molar-refractivity contribution in [3.8, 4) is 0 Å². The lowest BCUT2D eigenvalue weighted by Crippen LogP contribution is -1.98. The predicted molar refractivity (Wildman–Crippen MR) is 77.8 cm³/mol. The van der Waals surface area contributed by atoms with E-state index in [0.29, 0.717) is 0 Å². The average molecular weight is 246 g/mol. The van der Waals surface area contributed by atoms with E-state index >= 15 is 0 Å². The van der Waals surface area contributed by atoms with Crippen LogP contribution in [0.1, 0.15) is 0 Å². The molecule has 4 heteroatoms. The summed E-state index contributed by atoms with van der Waals surface area (Å²) in [6.07, 6.45) is 0. The SMILES string of the molecule is [B]c1ccc2c(c1)sc1nc3ccccc3nc12. The molecule has 82 valence electrons. The monoisotopic (exact) mass is 246 g/mol. The van der Waals surface area contributed by atoms with Crippen LogP contribution in [-0.2, 0) is 0 Å². The Hall–Kier alpha value is -1.94. The van der Waals surface area contributed by atoms with Gasteiger partial charge in [-0.05, 0) is 12.1 Å². The summed E-state index contributed by atoms with van der Waals surface area (Å²) in [6, 6.07) is 13.8. The lowest BCUT2D eigenvalue weighted by Gasteiger charge is -1.96. The number of nitrogens with zero attached hydrogens (tertiary/aromatic N) is 2. The molecule has 0 amide bonds. The summed E-state index contributed by atoms with van der Waals surface area (Å²) < 4.78 is 1.14. The third-order valence-electron chi connectivity index (χ3n) is 3.01. The molecule has 0 fully saturated rings. The van der Waals surface area contributed by atoms with Crippen molar-refractivity contribution in [3.05, 3.63) is 42.5 Å². The molecule has 0 saturated carbocycles. The Morgan fingerprint density at radius 2 is 1.72 bits per heavy atom. The highest BCUT2D eigenvalue weighted by atomic mass is 32.1. The molecule has 18 heavy (non-hydrogen) atoms.